The molecular weight excluding hydrogens is 207 g/mol. The summed E-state index contributed by atoms with van der Waals surface area (Å²) in [7, 11) is 1.77. The van der Waals surface area contributed by atoms with Crippen molar-refractivity contribution in [3.63, 3.8) is 0 Å². The SMILES string of the molecule is CC(=O)c1ccc(F)cc1-c1cnn(C)c1. The standard InChI is InChI=1S/C12H11FN2O/c1-8(16)11-4-3-10(13)5-12(11)9-6-14-15(2)7-9/h3-7H,1-2H3. The van der Waals surface area contributed by atoms with Crippen LogP contribution in [-0.4, -0.2) is 15.6 Å². The zero-order valence-electron chi connectivity index (χ0n) is 9.07. The van der Waals surface area contributed by atoms with Gasteiger partial charge in [-0.25, -0.2) is 4.39 Å². The van der Waals surface area contributed by atoms with E-state index in [9.17, 15) is 9.18 Å². The highest BCUT2D eigenvalue weighted by Crippen LogP contribution is 2.24. The second-order valence-corrected chi connectivity index (χ2v) is 3.65. The molecule has 3 nitrogen and oxygen atoms in total. The number of carbonyl (C=O) groups excluding carboxylic acids is 1. The van der Waals surface area contributed by atoms with Gasteiger partial charge in [0.25, 0.3) is 0 Å². The number of halogens is 1. The first-order valence-electron chi connectivity index (χ1n) is 4.87. The van der Waals surface area contributed by atoms with Crippen LogP contribution in [-0.2, 0) is 7.05 Å². The lowest BCUT2D eigenvalue weighted by Crippen LogP contribution is -1.96. The molecule has 0 aliphatic rings. The maximum absolute atomic E-state index is 13.2. The number of nitrogens with zero attached hydrogens (tertiary/aromatic N) is 2. The lowest BCUT2D eigenvalue weighted by molar-refractivity contribution is 0.101. The second kappa shape index (κ2) is 3.89. The van der Waals surface area contributed by atoms with E-state index < -0.39 is 0 Å². The molecule has 2 aromatic rings. The third-order valence-electron chi connectivity index (χ3n) is 2.38. The molecule has 82 valence electrons. The molecule has 0 radical (unpaired) electrons. The predicted octanol–water partition coefficient (Wildman–Crippen LogP) is 2.43. The van der Waals surface area contributed by atoms with E-state index in [2.05, 4.69) is 5.10 Å². The first kappa shape index (κ1) is 10.5. The minimum Gasteiger partial charge on any atom is -0.294 e. The first-order valence-corrected chi connectivity index (χ1v) is 4.87. The van der Waals surface area contributed by atoms with Crippen LogP contribution in [0.1, 0.15) is 17.3 Å². The molecule has 0 aliphatic heterocycles. The van der Waals surface area contributed by atoms with Crippen molar-refractivity contribution in [2.75, 3.05) is 0 Å². The van der Waals surface area contributed by atoms with E-state index in [0.29, 0.717) is 11.1 Å². The summed E-state index contributed by atoms with van der Waals surface area (Å²) >= 11 is 0. The maximum atomic E-state index is 13.2. The van der Waals surface area contributed by atoms with Crippen LogP contribution in [0.5, 0.6) is 0 Å². The highest BCUT2D eigenvalue weighted by atomic mass is 19.1. The summed E-state index contributed by atoms with van der Waals surface area (Å²) in [6.45, 7) is 1.47. The summed E-state index contributed by atoms with van der Waals surface area (Å²) in [6.07, 6.45) is 3.36. The van der Waals surface area contributed by atoms with Crippen LogP contribution in [0.3, 0.4) is 0 Å². The van der Waals surface area contributed by atoms with Crippen molar-refractivity contribution >= 4 is 5.78 Å². The molecule has 16 heavy (non-hydrogen) atoms. The third-order valence-corrected chi connectivity index (χ3v) is 2.38. The summed E-state index contributed by atoms with van der Waals surface area (Å²) < 4.78 is 14.8. The van der Waals surface area contributed by atoms with Gasteiger partial charge in [0.1, 0.15) is 5.82 Å². The number of hydrogen-bond acceptors (Lipinski definition) is 2. The fourth-order valence-corrected chi connectivity index (χ4v) is 1.62. The fourth-order valence-electron chi connectivity index (χ4n) is 1.62. The molecule has 0 saturated carbocycles. The van der Waals surface area contributed by atoms with Gasteiger partial charge in [0.15, 0.2) is 5.78 Å². The van der Waals surface area contributed by atoms with Gasteiger partial charge in [-0.1, -0.05) is 0 Å². The molecule has 0 atom stereocenters. The summed E-state index contributed by atoms with van der Waals surface area (Å²) in [6, 6.07) is 4.14. The lowest BCUT2D eigenvalue weighted by Gasteiger charge is -2.04. The summed E-state index contributed by atoms with van der Waals surface area (Å²) in [4.78, 5) is 11.4. The van der Waals surface area contributed by atoms with Crippen LogP contribution in [0.2, 0.25) is 0 Å². The lowest BCUT2D eigenvalue weighted by atomic mass is 10.00. The Morgan fingerprint density at radius 1 is 1.44 bits per heavy atom. The molecule has 0 fully saturated rings. The fraction of sp³-hybridized carbons (Fsp3) is 0.167. The topological polar surface area (TPSA) is 34.9 Å². The van der Waals surface area contributed by atoms with Gasteiger partial charge in [-0.05, 0) is 30.7 Å². The Kier molecular flexibility index (Phi) is 2.56. The average molecular weight is 218 g/mol. The van der Waals surface area contributed by atoms with Gasteiger partial charge in [0.05, 0.1) is 6.20 Å². The molecule has 1 heterocycles. The normalized spacial score (nSPS) is 10.4. The first-order chi connectivity index (χ1) is 7.58. The minimum absolute atomic E-state index is 0.0844. The molecule has 0 bridgehead atoms. The van der Waals surface area contributed by atoms with Gasteiger partial charge < -0.3 is 0 Å². The van der Waals surface area contributed by atoms with Gasteiger partial charge in [0.2, 0.25) is 0 Å². The largest absolute Gasteiger partial charge is 0.294 e. The molecule has 0 unspecified atom stereocenters. The van der Waals surface area contributed by atoms with E-state index in [0.717, 1.165) is 5.56 Å². The number of hydrogen-bond donors (Lipinski definition) is 0. The molecule has 1 aromatic carbocycles. The number of ketones is 1. The van der Waals surface area contributed by atoms with E-state index in [-0.39, 0.29) is 11.6 Å². The van der Waals surface area contributed by atoms with Crippen molar-refractivity contribution in [1.29, 1.82) is 0 Å². The van der Waals surface area contributed by atoms with Crippen LogP contribution in [0.25, 0.3) is 11.1 Å². The number of rotatable bonds is 2. The number of Topliss-reactive ketones (excluding diaryl/α,β-unsaturated/α-hetero) is 1. The van der Waals surface area contributed by atoms with Crippen LogP contribution in [0.15, 0.2) is 30.6 Å². The average Bonchev–Trinajstić information content (AvgIpc) is 2.64. The van der Waals surface area contributed by atoms with E-state index >= 15 is 0 Å². The zero-order valence-corrected chi connectivity index (χ0v) is 9.07. The van der Waals surface area contributed by atoms with Gasteiger partial charge in [0, 0.05) is 24.4 Å². The smallest absolute Gasteiger partial charge is 0.160 e. The minimum atomic E-state index is -0.358. The van der Waals surface area contributed by atoms with Gasteiger partial charge >= 0.3 is 0 Å². The van der Waals surface area contributed by atoms with Crippen molar-refractivity contribution in [3.05, 3.63) is 42.0 Å². The Morgan fingerprint density at radius 3 is 2.75 bits per heavy atom. The van der Waals surface area contributed by atoms with Gasteiger partial charge in [-0.3, -0.25) is 9.48 Å². The summed E-state index contributed by atoms with van der Waals surface area (Å²) in [5, 5.41) is 4.01. The van der Waals surface area contributed by atoms with Crippen LogP contribution in [0, 0.1) is 5.82 Å². The summed E-state index contributed by atoms with van der Waals surface area (Å²) in [5.41, 5.74) is 1.84. The van der Waals surface area contributed by atoms with Crippen molar-refractivity contribution in [3.8, 4) is 11.1 Å². The van der Waals surface area contributed by atoms with E-state index in [1.807, 2.05) is 0 Å². The predicted molar refractivity (Wildman–Crippen MR) is 58.6 cm³/mol. The third kappa shape index (κ3) is 1.86. The maximum Gasteiger partial charge on any atom is 0.160 e. The van der Waals surface area contributed by atoms with E-state index in [4.69, 9.17) is 0 Å². The highest BCUT2D eigenvalue weighted by Gasteiger charge is 2.11. The molecule has 0 N–H and O–H groups in total. The second-order valence-electron chi connectivity index (χ2n) is 3.65. The Bertz CT molecular complexity index is 546. The monoisotopic (exact) mass is 218 g/mol. The molecule has 1 aromatic heterocycles. The van der Waals surface area contributed by atoms with Gasteiger partial charge in [-0.15, -0.1) is 0 Å². The molecule has 0 saturated heterocycles. The van der Waals surface area contributed by atoms with E-state index in [1.54, 1.807) is 24.1 Å². The molecule has 2 rings (SSSR count). The summed E-state index contributed by atoms with van der Waals surface area (Å²) in [5.74, 6) is -0.442. The quantitative estimate of drug-likeness (QED) is 0.725. The van der Waals surface area contributed by atoms with Gasteiger partial charge in [-0.2, -0.15) is 5.10 Å². The molecule has 0 spiro atoms. The van der Waals surface area contributed by atoms with Crippen molar-refractivity contribution in [2.24, 2.45) is 7.05 Å². The molecule has 0 aliphatic carbocycles. The van der Waals surface area contributed by atoms with Crippen LogP contribution in [0.4, 0.5) is 4.39 Å². The van der Waals surface area contributed by atoms with Crippen LogP contribution >= 0.6 is 0 Å². The molecular formula is C12H11FN2O. The Hall–Kier alpha value is -1.97. The Morgan fingerprint density at radius 2 is 2.19 bits per heavy atom. The Labute approximate surface area is 92.5 Å². The number of carbonyl (C=O) groups is 1. The molecule has 0 amide bonds. The van der Waals surface area contributed by atoms with Crippen LogP contribution < -0.4 is 0 Å². The molecule has 4 heteroatoms. The number of aryl methyl sites for hydroxylation is 1. The van der Waals surface area contributed by atoms with E-state index in [1.165, 1.54) is 25.1 Å². The zero-order chi connectivity index (χ0) is 11.7. The van der Waals surface area contributed by atoms with Crippen molar-refractivity contribution < 1.29 is 9.18 Å². The highest BCUT2D eigenvalue weighted by molar-refractivity contribution is 6.00. The Balaban J connectivity index is 2.62. The number of benzene rings is 1. The van der Waals surface area contributed by atoms with Crippen molar-refractivity contribution in [1.82, 2.24) is 9.78 Å². The number of aromatic nitrogens is 2. The van der Waals surface area contributed by atoms with Crippen molar-refractivity contribution in [2.45, 2.75) is 6.92 Å².